The zero-order valence-corrected chi connectivity index (χ0v) is 16.0. The largest absolute Gasteiger partial charge is 0.435 e. The molecule has 0 spiro atoms. The lowest BCUT2D eigenvalue weighted by Gasteiger charge is -2.19. The van der Waals surface area contributed by atoms with Crippen molar-refractivity contribution in [3.63, 3.8) is 0 Å². The van der Waals surface area contributed by atoms with Gasteiger partial charge < -0.3 is 10.6 Å². The van der Waals surface area contributed by atoms with Gasteiger partial charge in [-0.05, 0) is 42.3 Å². The highest BCUT2D eigenvalue weighted by atomic mass is 19.4. The van der Waals surface area contributed by atoms with E-state index in [1.165, 1.54) is 17.1 Å². The van der Waals surface area contributed by atoms with Crippen molar-refractivity contribution in [1.29, 1.82) is 0 Å². The molecule has 3 rings (SSSR count). The minimum Gasteiger partial charge on any atom is -0.355 e. The van der Waals surface area contributed by atoms with Crippen molar-refractivity contribution >= 4 is 23.0 Å². The second-order valence-electron chi connectivity index (χ2n) is 6.38. The number of nitrogens with one attached hydrogen (secondary N) is 2. The number of carbonyl (C=O) groups excluding carboxylic acids is 1. The lowest BCUT2D eigenvalue weighted by Crippen LogP contribution is -2.17. The van der Waals surface area contributed by atoms with E-state index in [0.29, 0.717) is 35.6 Å². The third-order valence-corrected chi connectivity index (χ3v) is 4.25. The Morgan fingerprint density at radius 3 is 2.72 bits per heavy atom. The normalized spacial score (nSPS) is 14.2. The van der Waals surface area contributed by atoms with Crippen LogP contribution < -0.4 is 10.6 Å². The van der Waals surface area contributed by atoms with E-state index in [2.05, 4.69) is 27.3 Å². The van der Waals surface area contributed by atoms with Crippen LogP contribution in [0.1, 0.15) is 37.1 Å². The van der Waals surface area contributed by atoms with E-state index >= 15 is 0 Å². The Hall–Kier alpha value is -3.36. The molecule has 1 aliphatic rings. The molecule has 2 N–H and O–H groups in total. The SMILES string of the molecule is C=C1C=C(c2ccnc(NC(=O)CC)c2)C=C(c2cn(CC)nc2C(F)(F)F)N1. The fourth-order valence-corrected chi connectivity index (χ4v) is 2.84. The van der Waals surface area contributed by atoms with Crippen LogP contribution in [-0.2, 0) is 17.5 Å². The molecule has 1 aliphatic heterocycles. The average Bonchev–Trinajstić information content (AvgIpc) is 3.13. The number of aromatic nitrogens is 3. The molecule has 2 aromatic rings. The zero-order chi connectivity index (χ0) is 21.2. The molecular formula is C20H20F3N5O. The van der Waals surface area contributed by atoms with Crippen molar-refractivity contribution < 1.29 is 18.0 Å². The molecule has 0 radical (unpaired) electrons. The maximum Gasteiger partial charge on any atom is 0.435 e. The fourth-order valence-electron chi connectivity index (χ4n) is 2.84. The number of nitrogens with zero attached hydrogens (tertiary/aromatic N) is 3. The first-order chi connectivity index (χ1) is 13.7. The highest BCUT2D eigenvalue weighted by Crippen LogP contribution is 2.36. The van der Waals surface area contributed by atoms with Crippen LogP contribution in [0.15, 0.2) is 49.0 Å². The van der Waals surface area contributed by atoms with Crippen molar-refractivity contribution in [1.82, 2.24) is 20.1 Å². The summed E-state index contributed by atoms with van der Waals surface area (Å²) in [5.74, 6) is 0.181. The van der Waals surface area contributed by atoms with Crippen LogP contribution in [0.3, 0.4) is 0 Å². The van der Waals surface area contributed by atoms with E-state index in [4.69, 9.17) is 0 Å². The van der Waals surface area contributed by atoms with Gasteiger partial charge in [-0.15, -0.1) is 0 Å². The van der Waals surface area contributed by atoms with Crippen LogP contribution in [0.4, 0.5) is 19.0 Å². The summed E-state index contributed by atoms with van der Waals surface area (Å²) in [6.45, 7) is 7.60. The summed E-state index contributed by atoms with van der Waals surface area (Å²) in [5, 5.41) is 9.22. The fraction of sp³-hybridized carbons (Fsp3) is 0.250. The van der Waals surface area contributed by atoms with Crippen LogP contribution in [0, 0.1) is 0 Å². The summed E-state index contributed by atoms with van der Waals surface area (Å²) in [5.41, 5.74) is 0.984. The number of dihydropyridines is 1. The van der Waals surface area contributed by atoms with Gasteiger partial charge in [-0.2, -0.15) is 18.3 Å². The molecule has 9 heteroatoms. The molecule has 29 heavy (non-hydrogen) atoms. The highest BCUT2D eigenvalue weighted by molar-refractivity contribution is 5.92. The lowest BCUT2D eigenvalue weighted by molar-refractivity contribution is -0.141. The van der Waals surface area contributed by atoms with Crippen LogP contribution in [0.25, 0.3) is 11.3 Å². The van der Waals surface area contributed by atoms with Crippen molar-refractivity contribution in [2.75, 3.05) is 5.32 Å². The third kappa shape index (κ3) is 4.56. The number of amides is 1. The van der Waals surface area contributed by atoms with Gasteiger partial charge in [-0.1, -0.05) is 13.5 Å². The molecule has 0 saturated carbocycles. The smallest absolute Gasteiger partial charge is 0.355 e. The minimum atomic E-state index is -4.59. The molecular weight excluding hydrogens is 383 g/mol. The standard InChI is InChI=1S/C20H20F3N5O/c1-4-18(29)26-17-10-13(6-7-24-17)14-8-12(3)25-16(9-14)15-11-28(5-2)27-19(15)20(21,22)23/h6-11,25H,3-5H2,1-2H3,(H,24,26,29). The Kier molecular flexibility index (Phi) is 5.58. The molecule has 3 heterocycles. The third-order valence-electron chi connectivity index (χ3n) is 4.25. The summed E-state index contributed by atoms with van der Waals surface area (Å²) in [6.07, 6.45) is 1.91. The van der Waals surface area contributed by atoms with E-state index in [1.807, 2.05) is 0 Å². The van der Waals surface area contributed by atoms with Crippen molar-refractivity contribution in [3.8, 4) is 0 Å². The van der Waals surface area contributed by atoms with E-state index in [-0.39, 0.29) is 17.2 Å². The van der Waals surface area contributed by atoms with Gasteiger partial charge in [0.2, 0.25) is 5.91 Å². The van der Waals surface area contributed by atoms with Gasteiger partial charge in [-0.3, -0.25) is 9.48 Å². The van der Waals surface area contributed by atoms with Crippen molar-refractivity contribution in [3.05, 3.63) is 65.8 Å². The number of carbonyl (C=O) groups is 1. The molecule has 0 fully saturated rings. The van der Waals surface area contributed by atoms with E-state index < -0.39 is 11.9 Å². The molecule has 0 unspecified atom stereocenters. The Labute approximate surface area is 165 Å². The Balaban J connectivity index is 2.02. The molecule has 0 aromatic carbocycles. The van der Waals surface area contributed by atoms with Gasteiger partial charge >= 0.3 is 6.18 Å². The molecule has 0 saturated heterocycles. The predicted octanol–water partition coefficient (Wildman–Crippen LogP) is 4.21. The number of allylic oxidation sites excluding steroid dienone is 3. The highest BCUT2D eigenvalue weighted by Gasteiger charge is 2.38. The summed E-state index contributed by atoms with van der Waals surface area (Å²) in [4.78, 5) is 15.7. The van der Waals surface area contributed by atoms with Gasteiger partial charge in [0.25, 0.3) is 0 Å². The molecule has 2 aromatic heterocycles. The number of aryl methyl sites for hydroxylation is 1. The molecule has 6 nitrogen and oxygen atoms in total. The first-order valence-corrected chi connectivity index (χ1v) is 9.01. The van der Waals surface area contributed by atoms with Gasteiger partial charge in [-0.25, -0.2) is 4.98 Å². The minimum absolute atomic E-state index is 0.0559. The Morgan fingerprint density at radius 1 is 1.31 bits per heavy atom. The van der Waals surface area contributed by atoms with Gasteiger partial charge in [0, 0.05) is 36.6 Å². The van der Waals surface area contributed by atoms with Gasteiger partial charge in [0.1, 0.15) is 5.82 Å². The summed E-state index contributed by atoms with van der Waals surface area (Å²) in [7, 11) is 0. The van der Waals surface area contributed by atoms with Crippen LogP contribution in [0.2, 0.25) is 0 Å². The van der Waals surface area contributed by atoms with Crippen LogP contribution >= 0.6 is 0 Å². The Morgan fingerprint density at radius 2 is 2.07 bits per heavy atom. The van der Waals surface area contributed by atoms with E-state index in [9.17, 15) is 18.0 Å². The summed E-state index contributed by atoms with van der Waals surface area (Å²) in [6, 6.07) is 3.37. The van der Waals surface area contributed by atoms with Crippen LogP contribution in [0.5, 0.6) is 0 Å². The molecule has 1 amide bonds. The molecule has 152 valence electrons. The van der Waals surface area contributed by atoms with Crippen molar-refractivity contribution in [2.24, 2.45) is 0 Å². The van der Waals surface area contributed by atoms with Crippen molar-refractivity contribution in [2.45, 2.75) is 33.0 Å². The number of anilines is 1. The number of halogens is 3. The lowest BCUT2D eigenvalue weighted by atomic mass is 9.99. The number of pyridine rings is 1. The average molecular weight is 403 g/mol. The topological polar surface area (TPSA) is 71.8 Å². The molecule has 0 bridgehead atoms. The predicted molar refractivity (Wildman–Crippen MR) is 104 cm³/mol. The molecule has 0 aliphatic carbocycles. The first kappa shape index (κ1) is 20.4. The zero-order valence-electron chi connectivity index (χ0n) is 16.0. The van der Waals surface area contributed by atoms with Gasteiger partial charge in [0.15, 0.2) is 5.69 Å². The first-order valence-electron chi connectivity index (χ1n) is 9.01. The monoisotopic (exact) mass is 403 g/mol. The number of hydrogen-bond acceptors (Lipinski definition) is 4. The van der Waals surface area contributed by atoms with E-state index in [1.54, 1.807) is 38.1 Å². The maximum atomic E-state index is 13.5. The quantitative estimate of drug-likeness (QED) is 0.785. The second kappa shape index (κ2) is 7.94. The van der Waals surface area contributed by atoms with E-state index in [0.717, 1.165) is 0 Å². The second-order valence-corrected chi connectivity index (χ2v) is 6.38. The summed E-state index contributed by atoms with van der Waals surface area (Å²) >= 11 is 0. The number of hydrogen-bond donors (Lipinski definition) is 2. The maximum absolute atomic E-state index is 13.5. The summed E-state index contributed by atoms with van der Waals surface area (Å²) < 4.78 is 41.6. The number of alkyl halides is 3. The Bertz CT molecular complexity index is 1020. The van der Waals surface area contributed by atoms with Crippen LogP contribution in [-0.4, -0.2) is 20.7 Å². The molecule has 0 atom stereocenters. The van der Waals surface area contributed by atoms with Gasteiger partial charge in [0.05, 0.1) is 5.70 Å². The number of rotatable bonds is 5.